The molecule has 0 aliphatic heterocycles. The van der Waals surface area contributed by atoms with Crippen LogP contribution in [-0.4, -0.2) is 0 Å². The quantitative estimate of drug-likeness (QED) is 0.617. The van der Waals surface area contributed by atoms with Gasteiger partial charge in [0, 0.05) is 8.04 Å². The minimum Gasteiger partial charge on any atom is -0.0560 e. The van der Waals surface area contributed by atoms with Gasteiger partial charge < -0.3 is 0 Å². The molecular formula is C10H12BrI. The lowest BCUT2D eigenvalue weighted by molar-refractivity contribution is 0.586. The topological polar surface area (TPSA) is 0 Å². The minimum atomic E-state index is 0.236. The molecule has 1 rings (SSSR count). The molecule has 2 heteroatoms. The van der Waals surface area contributed by atoms with Crippen molar-refractivity contribution in [3.05, 3.63) is 31.8 Å². The third kappa shape index (κ3) is 2.46. The summed E-state index contributed by atoms with van der Waals surface area (Å²) in [5, 5.41) is 0. The van der Waals surface area contributed by atoms with Gasteiger partial charge in [0.15, 0.2) is 0 Å². The van der Waals surface area contributed by atoms with Gasteiger partial charge in [0.05, 0.1) is 0 Å². The Kier molecular flexibility index (Phi) is 3.21. The van der Waals surface area contributed by atoms with Gasteiger partial charge in [-0.1, -0.05) is 36.7 Å². The zero-order valence-electron chi connectivity index (χ0n) is 7.49. The molecule has 0 saturated carbocycles. The first-order valence-electron chi connectivity index (χ1n) is 3.87. The van der Waals surface area contributed by atoms with E-state index in [0.29, 0.717) is 0 Å². The smallest absolute Gasteiger partial charge is 0.0178 e. The van der Waals surface area contributed by atoms with Crippen LogP contribution in [0.5, 0.6) is 0 Å². The maximum Gasteiger partial charge on any atom is 0.0178 e. The Balaban J connectivity index is 3.23. The van der Waals surface area contributed by atoms with Crippen LogP contribution in [0.1, 0.15) is 26.3 Å². The predicted octanol–water partition coefficient (Wildman–Crippen LogP) is 4.35. The maximum absolute atomic E-state index is 3.49. The maximum atomic E-state index is 3.49. The van der Waals surface area contributed by atoms with Gasteiger partial charge in [-0.3, -0.25) is 0 Å². The molecule has 12 heavy (non-hydrogen) atoms. The van der Waals surface area contributed by atoms with Crippen molar-refractivity contribution in [3.63, 3.8) is 0 Å². The van der Waals surface area contributed by atoms with E-state index in [0.717, 1.165) is 4.47 Å². The zero-order valence-corrected chi connectivity index (χ0v) is 11.2. The van der Waals surface area contributed by atoms with E-state index in [4.69, 9.17) is 0 Å². The normalized spacial score (nSPS) is 11.8. The highest BCUT2D eigenvalue weighted by Crippen LogP contribution is 2.29. The molecule has 0 bridgehead atoms. The number of halogens is 2. The molecule has 0 N–H and O–H groups in total. The summed E-state index contributed by atoms with van der Waals surface area (Å²) in [6.45, 7) is 6.70. The molecule has 0 aromatic heterocycles. The van der Waals surface area contributed by atoms with Crippen molar-refractivity contribution in [3.8, 4) is 0 Å². The Labute approximate surface area is 96.0 Å². The standard InChI is InChI=1S/C10H12BrI/c1-10(2,3)8-6-7(11)4-5-9(8)12/h4-6H,1-3H3. The van der Waals surface area contributed by atoms with Crippen molar-refractivity contribution in [2.24, 2.45) is 0 Å². The van der Waals surface area contributed by atoms with Gasteiger partial charge >= 0.3 is 0 Å². The van der Waals surface area contributed by atoms with Crippen LogP contribution in [0.2, 0.25) is 0 Å². The third-order valence-corrected chi connectivity index (χ3v) is 3.17. The highest BCUT2D eigenvalue weighted by atomic mass is 127. The second-order valence-electron chi connectivity index (χ2n) is 3.87. The summed E-state index contributed by atoms with van der Waals surface area (Å²) in [5.74, 6) is 0. The molecule has 0 nitrogen and oxygen atoms in total. The van der Waals surface area contributed by atoms with Gasteiger partial charge in [-0.15, -0.1) is 0 Å². The van der Waals surface area contributed by atoms with Crippen LogP contribution in [0.4, 0.5) is 0 Å². The minimum absolute atomic E-state index is 0.236. The van der Waals surface area contributed by atoms with Crippen molar-refractivity contribution in [1.82, 2.24) is 0 Å². The van der Waals surface area contributed by atoms with Crippen molar-refractivity contribution in [2.45, 2.75) is 26.2 Å². The summed E-state index contributed by atoms with van der Waals surface area (Å²) in [5.41, 5.74) is 1.64. The molecular weight excluding hydrogens is 327 g/mol. The molecule has 0 fully saturated rings. The largest absolute Gasteiger partial charge is 0.0560 e. The monoisotopic (exact) mass is 338 g/mol. The van der Waals surface area contributed by atoms with Crippen molar-refractivity contribution >= 4 is 38.5 Å². The van der Waals surface area contributed by atoms with E-state index in [-0.39, 0.29) is 5.41 Å². The predicted molar refractivity (Wildman–Crippen MR) is 65.6 cm³/mol. The van der Waals surface area contributed by atoms with Gasteiger partial charge in [0.1, 0.15) is 0 Å². The first-order chi connectivity index (χ1) is 5.41. The molecule has 0 unspecified atom stereocenters. The van der Waals surface area contributed by atoms with Gasteiger partial charge in [-0.2, -0.15) is 0 Å². The Morgan fingerprint density at radius 3 is 2.25 bits per heavy atom. The molecule has 66 valence electrons. The molecule has 0 spiro atoms. The van der Waals surface area contributed by atoms with Crippen LogP contribution in [0.25, 0.3) is 0 Å². The van der Waals surface area contributed by atoms with E-state index in [1.165, 1.54) is 9.13 Å². The highest BCUT2D eigenvalue weighted by Gasteiger charge is 2.16. The molecule has 0 radical (unpaired) electrons. The summed E-state index contributed by atoms with van der Waals surface area (Å²) in [4.78, 5) is 0. The summed E-state index contributed by atoms with van der Waals surface area (Å²) in [6.07, 6.45) is 0. The summed E-state index contributed by atoms with van der Waals surface area (Å²) in [6, 6.07) is 6.42. The van der Waals surface area contributed by atoms with Crippen LogP contribution in [-0.2, 0) is 5.41 Å². The molecule has 0 atom stereocenters. The summed E-state index contributed by atoms with van der Waals surface area (Å²) < 4.78 is 2.50. The van der Waals surface area contributed by atoms with Crippen LogP contribution < -0.4 is 0 Å². The molecule has 0 amide bonds. The van der Waals surface area contributed by atoms with E-state index in [2.05, 4.69) is 77.5 Å². The van der Waals surface area contributed by atoms with E-state index in [1.54, 1.807) is 0 Å². The first kappa shape index (κ1) is 10.5. The number of benzene rings is 1. The fourth-order valence-corrected chi connectivity index (χ4v) is 2.58. The van der Waals surface area contributed by atoms with Gasteiger partial charge in [-0.05, 0) is 51.8 Å². The zero-order chi connectivity index (χ0) is 9.35. The fourth-order valence-electron chi connectivity index (χ4n) is 1.07. The average molecular weight is 339 g/mol. The van der Waals surface area contributed by atoms with E-state index in [9.17, 15) is 0 Å². The molecule has 1 aromatic carbocycles. The molecule has 1 aromatic rings. The Morgan fingerprint density at radius 1 is 1.25 bits per heavy atom. The fraction of sp³-hybridized carbons (Fsp3) is 0.400. The molecule has 0 saturated heterocycles. The van der Waals surface area contributed by atoms with Crippen LogP contribution in [0.3, 0.4) is 0 Å². The van der Waals surface area contributed by atoms with E-state index >= 15 is 0 Å². The van der Waals surface area contributed by atoms with Crippen molar-refractivity contribution in [2.75, 3.05) is 0 Å². The Bertz CT molecular complexity index is 286. The molecule has 0 aliphatic carbocycles. The van der Waals surface area contributed by atoms with Crippen molar-refractivity contribution in [1.29, 1.82) is 0 Å². The Morgan fingerprint density at radius 2 is 1.83 bits per heavy atom. The second-order valence-corrected chi connectivity index (χ2v) is 5.95. The summed E-state index contributed by atoms with van der Waals surface area (Å²) in [7, 11) is 0. The molecule has 0 heterocycles. The molecule has 0 aliphatic rings. The van der Waals surface area contributed by atoms with Crippen molar-refractivity contribution < 1.29 is 0 Å². The summed E-state index contributed by atoms with van der Waals surface area (Å²) >= 11 is 5.87. The lowest BCUT2D eigenvalue weighted by atomic mass is 9.87. The SMILES string of the molecule is CC(C)(C)c1cc(Br)ccc1I. The van der Waals surface area contributed by atoms with Gasteiger partial charge in [0.2, 0.25) is 0 Å². The number of hydrogen-bond acceptors (Lipinski definition) is 0. The lowest BCUT2D eigenvalue weighted by Crippen LogP contribution is -2.12. The third-order valence-electron chi connectivity index (χ3n) is 1.74. The van der Waals surface area contributed by atoms with Crippen LogP contribution in [0.15, 0.2) is 22.7 Å². The first-order valence-corrected chi connectivity index (χ1v) is 5.74. The number of hydrogen-bond donors (Lipinski definition) is 0. The van der Waals surface area contributed by atoms with E-state index in [1.807, 2.05) is 0 Å². The van der Waals surface area contributed by atoms with Gasteiger partial charge in [-0.25, -0.2) is 0 Å². The van der Waals surface area contributed by atoms with E-state index < -0.39 is 0 Å². The lowest BCUT2D eigenvalue weighted by Gasteiger charge is -2.20. The van der Waals surface area contributed by atoms with Crippen LogP contribution in [0, 0.1) is 3.57 Å². The Hall–Kier alpha value is 0.430. The van der Waals surface area contributed by atoms with Gasteiger partial charge in [0.25, 0.3) is 0 Å². The second kappa shape index (κ2) is 3.66. The highest BCUT2D eigenvalue weighted by molar-refractivity contribution is 14.1. The average Bonchev–Trinajstić information content (AvgIpc) is 1.92. The van der Waals surface area contributed by atoms with Crippen LogP contribution >= 0.6 is 38.5 Å². The number of rotatable bonds is 0.